The minimum atomic E-state index is 1.43. The monoisotopic (exact) mass is 85.0 g/mol. The Morgan fingerprint density at radius 2 is 2.33 bits per heavy atom. The summed E-state index contributed by atoms with van der Waals surface area (Å²) in [4.78, 5) is 2.29. The van der Waals surface area contributed by atoms with E-state index >= 15 is 0 Å². The summed E-state index contributed by atoms with van der Waals surface area (Å²) in [6.45, 7) is 0. The van der Waals surface area contributed by atoms with E-state index < -0.39 is 0 Å². The summed E-state index contributed by atoms with van der Waals surface area (Å²) in [7, 11) is 1.43. The van der Waals surface area contributed by atoms with Crippen LogP contribution in [0.5, 0.6) is 0 Å². The van der Waals surface area contributed by atoms with Gasteiger partial charge in [-0.05, 0) is 0 Å². The van der Waals surface area contributed by atoms with E-state index in [2.05, 4.69) is 20.5 Å². The first kappa shape index (κ1) is 4.91. The Kier molecular flexibility index (Phi) is 3.20. The molecule has 0 bridgehead atoms. The van der Waals surface area contributed by atoms with Crippen LogP contribution in [-0.4, -0.2) is 7.05 Å². The quantitative estimate of drug-likeness (QED) is 0.199. The van der Waals surface area contributed by atoms with E-state index in [9.17, 15) is 0 Å². The van der Waals surface area contributed by atoms with Crippen LogP contribution in [0.25, 0.3) is 10.4 Å². The fraction of sp³-hybridized carbons (Fsp3) is 1.00. The Hall–Kier alpha value is -1.09. The van der Waals surface area contributed by atoms with Gasteiger partial charge in [0.05, 0.1) is 17.5 Å². The molecule has 32 valence electrons. The second kappa shape index (κ2) is 3.91. The zero-order valence-corrected chi connectivity index (χ0v) is 3.24. The zero-order chi connectivity index (χ0) is 4.83. The maximum atomic E-state index is 7.50. The van der Waals surface area contributed by atoms with Gasteiger partial charge in [0, 0.05) is 0 Å². The van der Waals surface area contributed by atoms with Crippen LogP contribution in [0.4, 0.5) is 0 Å². The van der Waals surface area contributed by atoms with Gasteiger partial charge in [0.25, 0.3) is 0 Å². The van der Waals surface area contributed by atoms with E-state index in [1.165, 1.54) is 7.05 Å². The van der Waals surface area contributed by atoms with Crippen molar-refractivity contribution in [2.45, 2.75) is 0 Å². The van der Waals surface area contributed by atoms with Gasteiger partial charge in [-0.2, -0.15) is 4.91 Å². The Morgan fingerprint density at radius 3 is 2.50 bits per heavy atom. The summed E-state index contributed by atoms with van der Waals surface area (Å²) in [6, 6.07) is 0. The summed E-state index contributed by atoms with van der Waals surface area (Å²) in [6.07, 6.45) is 0. The highest BCUT2D eigenvalue weighted by atomic mass is 15.5. The topological polar surface area (TPSA) is 73.5 Å². The molecule has 0 saturated heterocycles. The molecule has 0 aromatic rings. The van der Waals surface area contributed by atoms with Crippen molar-refractivity contribution in [3.8, 4) is 0 Å². The van der Waals surface area contributed by atoms with Crippen LogP contribution < -0.4 is 0 Å². The lowest BCUT2D eigenvalue weighted by Gasteiger charge is -1.50. The number of rotatable bonds is 1. The summed E-state index contributed by atoms with van der Waals surface area (Å²) in [5, 5.41) is 8.78. The molecule has 0 aliphatic heterocycles. The van der Waals surface area contributed by atoms with Crippen molar-refractivity contribution in [3.63, 3.8) is 0 Å². The van der Waals surface area contributed by atoms with Crippen molar-refractivity contribution in [3.05, 3.63) is 10.4 Å². The molecular formula is CH3N5. The molecule has 0 atom stereocenters. The Balaban J connectivity index is 3.33. The first-order chi connectivity index (χ1) is 2.91. The second-order valence-corrected chi connectivity index (χ2v) is 0.468. The average Bonchev–Trinajstić information content (AvgIpc) is 1.61. The molecule has 0 rings (SSSR count). The van der Waals surface area contributed by atoms with Gasteiger partial charge < -0.3 is 0 Å². The van der Waals surface area contributed by atoms with E-state index in [0.29, 0.717) is 0 Å². The first-order valence-corrected chi connectivity index (χ1v) is 1.25. The van der Waals surface area contributed by atoms with Crippen molar-refractivity contribution in [2.75, 3.05) is 7.05 Å². The van der Waals surface area contributed by atoms with Crippen LogP contribution >= 0.6 is 0 Å². The molecule has 0 spiro atoms. The molecule has 0 N–H and O–H groups in total. The Bertz CT molecular complexity index is 86.1. The summed E-state index contributed by atoms with van der Waals surface area (Å²) in [5.41, 5.74) is 7.50. The minimum absolute atomic E-state index is 1.43. The molecule has 5 heteroatoms. The highest BCUT2D eigenvalue weighted by molar-refractivity contribution is 4.31. The maximum Gasteiger partial charge on any atom is 0.0960 e. The molecule has 0 heterocycles. The molecule has 0 unspecified atom stereocenters. The van der Waals surface area contributed by atoms with Crippen LogP contribution in [0.15, 0.2) is 15.6 Å². The van der Waals surface area contributed by atoms with Gasteiger partial charge in [0.15, 0.2) is 0 Å². The molecule has 5 nitrogen and oxygen atoms in total. The maximum absolute atomic E-state index is 7.50. The largest absolute Gasteiger partial charge is 0.163 e. The average molecular weight is 85.1 g/mol. The lowest BCUT2D eigenvalue weighted by atomic mass is 11.6. The Morgan fingerprint density at radius 1 is 1.67 bits per heavy atom. The lowest BCUT2D eigenvalue weighted by Crippen LogP contribution is -1.37. The van der Waals surface area contributed by atoms with Gasteiger partial charge in [0.1, 0.15) is 0 Å². The van der Waals surface area contributed by atoms with Crippen molar-refractivity contribution >= 4 is 0 Å². The first-order valence-electron chi connectivity index (χ1n) is 1.25. The minimum Gasteiger partial charge on any atom is -0.163 e. The fourth-order valence-electron chi connectivity index (χ4n) is 0.0579. The molecule has 0 radical (unpaired) electrons. The van der Waals surface area contributed by atoms with Crippen molar-refractivity contribution in [1.29, 1.82) is 0 Å². The number of azide groups is 1. The van der Waals surface area contributed by atoms with Gasteiger partial charge in [-0.15, -0.1) is 5.53 Å². The molecule has 0 aliphatic rings. The van der Waals surface area contributed by atoms with E-state index in [4.69, 9.17) is 5.53 Å². The van der Waals surface area contributed by atoms with Crippen LogP contribution in [0.2, 0.25) is 0 Å². The molecule has 0 aromatic carbocycles. The smallest absolute Gasteiger partial charge is 0.0960 e. The second-order valence-electron chi connectivity index (χ2n) is 0.468. The predicted octanol–water partition coefficient (Wildman–Crippen LogP) is 1.29. The van der Waals surface area contributed by atoms with Crippen LogP contribution in [0.3, 0.4) is 0 Å². The third-order valence-electron chi connectivity index (χ3n) is 0.169. The van der Waals surface area contributed by atoms with Gasteiger partial charge >= 0.3 is 0 Å². The van der Waals surface area contributed by atoms with Gasteiger partial charge in [-0.25, -0.2) is 0 Å². The number of hydrogen-bond donors (Lipinski definition) is 0. The fourth-order valence-corrected chi connectivity index (χ4v) is 0.0579. The third-order valence-corrected chi connectivity index (χ3v) is 0.169. The van der Waals surface area contributed by atoms with Gasteiger partial charge in [-0.3, -0.25) is 0 Å². The predicted molar refractivity (Wildman–Crippen MR) is 19.9 cm³/mol. The van der Waals surface area contributed by atoms with E-state index in [1.807, 2.05) is 0 Å². The molecule has 0 aliphatic carbocycles. The van der Waals surface area contributed by atoms with Crippen molar-refractivity contribution in [2.24, 2.45) is 15.6 Å². The lowest BCUT2D eigenvalue weighted by molar-refractivity contribution is 1.00. The van der Waals surface area contributed by atoms with Gasteiger partial charge in [0.2, 0.25) is 0 Å². The van der Waals surface area contributed by atoms with E-state index in [0.717, 1.165) is 0 Å². The molecule has 0 saturated carbocycles. The summed E-state index contributed by atoms with van der Waals surface area (Å²) < 4.78 is 0. The summed E-state index contributed by atoms with van der Waals surface area (Å²) >= 11 is 0. The van der Waals surface area contributed by atoms with Crippen LogP contribution in [0, 0.1) is 0 Å². The van der Waals surface area contributed by atoms with E-state index in [1.54, 1.807) is 0 Å². The normalized spacial score (nSPS) is 8.17. The standard InChI is InChI=1S/CH3N5/c1-3-5-6-4-2/h1H3/b5-3+. The van der Waals surface area contributed by atoms with E-state index in [-0.39, 0.29) is 0 Å². The van der Waals surface area contributed by atoms with Gasteiger partial charge in [-0.1, -0.05) is 5.11 Å². The Labute approximate surface area is 34.3 Å². The summed E-state index contributed by atoms with van der Waals surface area (Å²) in [5.74, 6) is 0. The highest BCUT2D eigenvalue weighted by Gasteiger charge is 1.53. The molecule has 6 heavy (non-hydrogen) atoms. The SMILES string of the molecule is C/N=N/N=[N+]=[N-]. The molecule has 0 aromatic heterocycles. The molecular weight excluding hydrogens is 82.0 g/mol. The van der Waals surface area contributed by atoms with Crippen LogP contribution in [-0.2, 0) is 0 Å². The third kappa shape index (κ3) is 2.91. The van der Waals surface area contributed by atoms with Crippen molar-refractivity contribution < 1.29 is 0 Å². The highest BCUT2D eigenvalue weighted by Crippen LogP contribution is 1.69. The number of hydrogen-bond acceptors (Lipinski definition) is 1. The number of nitrogens with zero attached hydrogens (tertiary/aromatic N) is 5. The zero-order valence-electron chi connectivity index (χ0n) is 3.24. The molecule has 0 amide bonds. The van der Waals surface area contributed by atoms with Crippen molar-refractivity contribution in [1.82, 2.24) is 0 Å². The van der Waals surface area contributed by atoms with Crippen LogP contribution in [0.1, 0.15) is 0 Å². The molecule has 0 fully saturated rings.